The van der Waals surface area contributed by atoms with Gasteiger partial charge in [-0.2, -0.15) is 5.10 Å². The number of pyridine rings is 1. The van der Waals surface area contributed by atoms with Crippen molar-refractivity contribution in [3.63, 3.8) is 0 Å². The van der Waals surface area contributed by atoms with Crippen molar-refractivity contribution in [2.75, 3.05) is 5.73 Å². The average molecular weight is 282 g/mol. The van der Waals surface area contributed by atoms with E-state index < -0.39 is 6.10 Å². The van der Waals surface area contributed by atoms with Crippen LogP contribution in [0.1, 0.15) is 36.2 Å². The molecule has 3 aromatic heterocycles. The van der Waals surface area contributed by atoms with Crippen LogP contribution < -0.4 is 5.73 Å². The summed E-state index contributed by atoms with van der Waals surface area (Å²) in [7, 11) is 0. The summed E-state index contributed by atoms with van der Waals surface area (Å²) in [6.07, 6.45) is 5.96. The van der Waals surface area contributed by atoms with Gasteiger partial charge in [0, 0.05) is 18.0 Å². The Hall–Kier alpha value is -2.54. The first-order chi connectivity index (χ1) is 10.3. The summed E-state index contributed by atoms with van der Waals surface area (Å²) in [5, 5.41) is 15.8. The second kappa shape index (κ2) is 4.49. The minimum absolute atomic E-state index is 0.338. The van der Waals surface area contributed by atoms with Gasteiger partial charge in [0.15, 0.2) is 5.65 Å². The highest BCUT2D eigenvalue weighted by molar-refractivity contribution is 5.88. The summed E-state index contributed by atoms with van der Waals surface area (Å²) in [5.41, 5.74) is 7.82. The largest absolute Gasteiger partial charge is 0.383 e. The van der Waals surface area contributed by atoms with Gasteiger partial charge in [-0.15, -0.1) is 0 Å². The number of rotatable bonds is 3. The Morgan fingerprint density at radius 2 is 2.19 bits per heavy atom. The molecule has 1 aliphatic carbocycles. The smallest absolute Gasteiger partial charge is 0.163 e. The van der Waals surface area contributed by atoms with E-state index in [1.165, 1.54) is 6.33 Å². The average Bonchev–Trinajstić information content (AvgIpc) is 3.28. The van der Waals surface area contributed by atoms with Crippen LogP contribution in [0.2, 0.25) is 0 Å². The van der Waals surface area contributed by atoms with E-state index in [2.05, 4.69) is 20.1 Å². The van der Waals surface area contributed by atoms with Crippen molar-refractivity contribution < 1.29 is 5.11 Å². The van der Waals surface area contributed by atoms with Gasteiger partial charge in [-0.3, -0.25) is 4.98 Å². The maximum atomic E-state index is 10.6. The summed E-state index contributed by atoms with van der Waals surface area (Å²) in [5.74, 6) is 0.338. The SMILES string of the molecule is Nc1ncnc2c1c(C(O)c1cccnc1)nn2C1CC1. The first-order valence-electron chi connectivity index (χ1n) is 6.82. The topological polar surface area (TPSA) is 103 Å². The number of aromatic nitrogens is 5. The third-order valence-electron chi connectivity index (χ3n) is 3.70. The first kappa shape index (κ1) is 12.2. The van der Waals surface area contributed by atoms with E-state index >= 15 is 0 Å². The number of fused-ring (bicyclic) bond motifs is 1. The van der Waals surface area contributed by atoms with Gasteiger partial charge in [0.2, 0.25) is 0 Å². The molecule has 1 atom stereocenters. The number of hydrogen-bond acceptors (Lipinski definition) is 6. The third-order valence-corrected chi connectivity index (χ3v) is 3.70. The Kier molecular flexibility index (Phi) is 2.61. The molecule has 0 aromatic carbocycles. The van der Waals surface area contributed by atoms with Crippen LogP contribution in [0.3, 0.4) is 0 Å². The molecule has 21 heavy (non-hydrogen) atoms. The number of nitrogens with zero attached hydrogens (tertiary/aromatic N) is 5. The fourth-order valence-corrected chi connectivity index (χ4v) is 2.48. The number of aliphatic hydroxyl groups is 1. The second-order valence-electron chi connectivity index (χ2n) is 5.21. The van der Waals surface area contributed by atoms with Crippen molar-refractivity contribution in [3.8, 4) is 0 Å². The highest BCUT2D eigenvalue weighted by Crippen LogP contribution is 2.39. The van der Waals surface area contributed by atoms with Crippen LogP contribution in [-0.2, 0) is 0 Å². The van der Waals surface area contributed by atoms with E-state index in [1.54, 1.807) is 24.5 Å². The van der Waals surface area contributed by atoms with Crippen LogP contribution in [0, 0.1) is 0 Å². The molecule has 0 saturated heterocycles. The lowest BCUT2D eigenvalue weighted by Crippen LogP contribution is -2.04. The Morgan fingerprint density at radius 3 is 2.90 bits per heavy atom. The highest BCUT2D eigenvalue weighted by atomic mass is 16.3. The maximum Gasteiger partial charge on any atom is 0.163 e. The van der Waals surface area contributed by atoms with Crippen molar-refractivity contribution in [2.24, 2.45) is 0 Å². The molecule has 7 heteroatoms. The van der Waals surface area contributed by atoms with Crippen molar-refractivity contribution in [2.45, 2.75) is 25.0 Å². The molecule has 3 aromatic rings. The van der Waals surface area contributed by atoms with Gasteiger partial charge < -0.3 is 10.8 Å². The lowest BCUT2D eigenvalue weighted by molar-refractivity contribution is 0.215. The van der Waals surface area contributed by atoms with E-state index in [0.29, 0.717) is 34.2 Å². The van der Waals surface area contributed by atoms with Crippen LogP contribution >= 0.6 is 0 Å². The number of nitrogen functional groups attached to an aromatic ring is 1. The lowest BCUT2D eigenvalue weighted by Gasteiger charge is -2.08. The molecule has 0 aliphatic heterocycles. The predicted molar refractivity (Wildman–Crippen MR) is 76.3 cm³/mol. The quantitative estimate of drug-likeness (QED) is 0.748. The van der Waals surface area contributed by atoms with Gasteiger partial charge in [0.25, 0.3) is 0 Å². The number of hydrogen-bond donors (Lipinski definition) is 2. The molecule has 7 nitrogen and oxygen atoms in total. The molecule has 3 heterocycles. The van der Waals surface area contributed by atoms with Gasteiger partial charge in [0.1, 0.15) is 23.9 Å². The number of nitrogens with two attached hydrogens (primary N) is 1. The number of aliphatic hydroxyl groups excluding tert-OH is 1. The van der Waals surface area contributed by atoms with Gasteiger partial charge in [-0.1, -0.05) is 6.07 Å². The zero-order valence-corrected chi connectivity index (χ0v) is 11.2. The highest BCUT2D eigenvalue weighted by Gasteiger charge is 2.31. The zero-order valence-electron chi connectivity index (χ0n) is 11.2. The van der Waals surface area contributed by atoms with E-state index in [1.807, 2.05) is 4.68 Å². The van der Waals surface area contributed by atoms with Crippen LogP contribution in [0.5, 0.6) is 0 Å². The maximum absolute atomic E-state index is 10.6. The minimum atomic E-state index is -0.894. The summed E-state index contributed by atoms with van der Waals surface area (Å²) in [4.78, 5) is 12.3. The summed E-state index contributed by atoms with van der Waals surface area (Å²) >= 11 is 0. The Labute approximate surface area is 120 Å². The van der Waals surface area contributed by atoms with E-state index in [-0.39, 0.29) is 0 Å². The van der Waals surface area contributed by atoms with Crippen molar-refractivity contribution in [3.05, 3.63) is 42.1 Å². The van der Waals surface area contributed by atoms with E-state index in [9.17, 15) is 5.11 Å². The van der Waals surface area contributed by atoms with E-state index in [0.717, 1.165) is 12.8 Å². The Morgan fingerprint density at radius 1 is 1.33 bits per heavy atom. The van der Waals surface area contributed by atoms with Crippen LogP contribution in [0.25, 0.3) is 11.0 Å². The summed E-state index contributed by atoms with van der Waals surface area (Å²) < 4.78 is 1.85. The second-order valence-corrected chi connectivity index (χ2v) is 5.21. The van der Waals surface area contributed by atoms with Crippen LogP contribution in [-0.4, -0.2) is 29.8 Å². The molecule has 1 unspecified atom stereocenters. The Bertz CT molecular complexity index is 796. The Balaban J connectivity index is 1.92. The molecule has 0 spiro atoms. The molecular formula is C14H14N6O. The molecule has 1 aliphatic rings. The van der Waals surface area contributed by atoms with Gasteiger partial charge in [-0.25, -0.2) is 14.6 Å². The lowest BCUT2D eigenvalue weighted by atomic mass is 10.1. The standard InChI is InChI=1S/C14H14N6O/c15-13-10-11(12(21)8-2-1-5-16-6-8)19-20(9-3-4-9)14(10)18-7-17-13/h1-2,5-7,9,12,21H,3-4H2,(H2,15,17,18). The summed E-state index contributed by atoms with van der Waals surface area (Å²) in [6.45, 7) is 0. The van der Waals surface area contributed by atoms with Crippen molar-refractivity contribution >= 4 is 16.9 Å². The molecule has 4 rings (SSSR count). The zero-order chi connectivity index (χ0) is 14.4. The molecular weight excluding hydrogens is 268 g/mol. The molecule has 1 fully saturated rings. The molecule has 0 bridgehead atoms. The number of anilines is 1. The fourth-order valence-electron chi connectivity index (χ4n) is 2.48. The minimum Gasteiger partial charge on any atom is -0.383 e. The van der Waals surface area contributed by atoms with E-state index in [4.69, 9.17) is 5.73 Å². The molecule has 106 valence electrons. The molecule has 3 N–H and O–H groups in total. The summed E-state index contributed by atoms with van der Waals surface area (Å²) in [6, 6.07) is 3.93. The van der Waals surface area contributed by atoms with Crippen LogP contribution in [0.4, 0.5) is 5.82 Å². The normalized spacial score (nSPS) is 16.2. The van der Waals surface area contributed by atoms with Gasteiger partial charge >= 0.3 is 0 Å². The molecule has 0 radical (unpaired) electrons. The monoisotopic (exact) mass is 282 g/mol. The van der Waals surface area contributed by atoms with Gasteiger partial charge in [-0.05, 0) is 18.9 Å². The van der Waals surface area contributed by atoms with Gasteiger partial charge in [0.05, 0.1) is 11.4 Å². The molecule has 0 amide bonds. The fraction of sp³-hybridized carbons (Fsp3) is 0.286. The molecule has 1 saturated carbocycles. The third kappa shape index (κ3) is 1.93. The van der Waals surface area contributed by atoms with Crippen molar-refractivity contribution in [1.29, 1.82) is 0 Å². The first-order valence-corrected chi connectivity index (χ1v) is 6.82. The van der Waals surface area contributed by atoms with Crippen LogP contribution in [0.15, 0.2) is 30.9 Å². The predicted octanol–water partition coefficient (Wildman–Crippen LogP) is 1.22. The van der Waals surface area contributed by atoms with Crippen molar-refractivity contribution in [1.82, 2.24) is 24.7 Å².